The Morgan fingerprint density at radius 2 is 1.14 bits per heavy atom. The van der Waals surface area contributed by atoms with E-state index in [0.29, 0.717) is 19.3 Å². The molecule has 0 aliphatic heterocycles. The number of phosphoric acid groups is 2. The van der Waals surface area contributed by atoms with Crippen LogP contribution in [0.15, 0.2) is 48.6 Å². The molecule has 16 heteroatoms. The molecule has 0 aliphatic carbocycles. The Bertz CT molecular complexity index is 1230. The van der Waals surface area contributed by atoms with Crippen LogP contribution < -0.4 is 0 Å². The molecule has 0 saturated heterocycles. The Morgan fingerprint density at radius 3 is 1.76 bits per heavy atom. The summed E-state index contributed by atoms with van der Waals surface area (Å²) in [5.41, 5.74) is 0. The van der Waals surface area contributed by atoms with Crippen LogP contribution in [0.3, 0.4) is 0 Å². The topological polar surface area (TPSA) is 216 Å². The number of phosphoric ester groups is 2. The number of hydrogen-bond donors (Lipinski definition) is 5. The third-order valence-electron chi connectivity index (χ3n) is 8.80. The normalized spacial score (nSPS) is 15.1. The zero-order valence-corrected chi connectivity index (χ0v) is 37.0. The first-order chi connectivity index (χ1) is 27.8. The summed E-state index contributed by atoms with van der Waals surface area (Å²) in [6.07, 6.45) is 34.1. The molecule has 0 aromatic heterocycles. The molecular formula is C42H76O14P2. The molecular weight excluding hydrogens is 790 g/mol. The number of ether oxygens (including phenoxy) is 2. The van der Waals surface area contributed by atoms with E-state index in [-0.39, 0.29) is 12.8 Å². The lowest BCUT2D eigenvalue weighted by molar-refractivity contribution is -0.161. The highest BCUT2D eigenvalue weighted by molar-refractivity contribution is 7.47. The van der Waals surface area contributed by atoms with Crippen molar-refractivity contribution in [3.8, 4) is 0 Å². The number of aliphatic hydroxyl groups excluding tert-OH is 2. The largest absolute Gasteiger partial charge is 0.472 e. The molecule has 0 bridgehead atoms. The average molecular weight is 867 g/mol. The molecule has 0 heterocycles. The van der Waals surface area contributed by atoms with Crippen molar-refractivity contribution in [3.05, 3.63) is 48.6 Å². The minimum Gasteiger partial charge on any atom is -0.462 e. The number of allylic oxidation sites excluding steroid dienone is 7. The van der Waals surface area contributed by atoms with E-state index in [0.717, 1.165) is 77.0 Å². The van der Waals surface area contributed by atoms with Gasteiger partial charge < -0.3 is 34.4 Å². The van der Waals surface area contributed by atoms with Crippen molar-refractivity contribution < 1.29 is 66.7 Å². The Morgan fingerprint density at radius 1 is 0.586 bits per heavy atom. The molecule has 58 heavy (non-hydrogen) atoms. The van der Waals surface area contributed by atoms with Crippen molar-refractivity contribution in [1.82, 2.24) is 0 Å². The highest BCUT2D eigenvalue weighted by Crippen LogP contribution is 2.43. The summed E-state index contributed by atoms with van der Waals surface area (Å²) < 4.78 is 47.7. The van der Waals surface area contributed by atoms with E-state index >= 15 is 0 Å². The number of aliphatic hydroxyl groups is 2. The van der Waals surface area contributed by atoms with Gasteiger partial charge in [-0.15, -0.1) is 0 Å². The van der Waals surface area contributed by atoms with Gasteiger partial charge in [-0.3, -0.25) is 23.2 Å². The Kier molecular flexibility index (Phi) is 36.7. The molecule has 0 fully saturated rings. The average Bonchev–Trinajstić information content (AvgIpc) is 3.17. The van der Waals surface area contributed by atoms with E-state index in [9.17, 15) is 33.8 Å². The minimum atomic E-state index is -4.87. The van der Waals surface area contributed by atoms with Crippen LogP contribution in [-0.4, -0.2) is 81.6 Å². The summed E-state index contributed by atoms with van der Waals surface area (Å²) in [7, 11) is -9.70. The molecule has 0 aliphatic rings. The fourth-order valence-electron chi connectivity index (χ4n) is 5.53. The predicted molar refractivity (Wildman–Crippen MR) is 227 cm³/mol. The lowest BCUT2D eigenvalue weighted by Gasteiger charge is -2.20. The van der Waals surface area contributed by atoms with Crippen LogP contribution in [0.25, 0.3) is 0 Å². The van der Waals surface area contributed by atoms with Gasteiger partial charge in [0, 0.05) is 12.8 Å². The zero-order chi connectivity index (χ0) is 43.2. The first kappa shape index (κ1) is 56.0. The summed E-state index contributed by atoms with van der Waals surface area (Å²) >= 11 is 0. The van der Waals surface area contributed by atoms with Crippen LogP contribution in [0.2, 0.25) is 0 Å². The van der Waals surface area contributed by atoms with E-state index in [2.05, 4.69) is 47.2 Å². The zero-order valence-electron chi connectivity index (χ0n) is 35.2. The second-order valence-electron chi connectivity index (χ2n) is 14.4. The van der Waals surface area contributed by atoms with Crippen LogP contribution in [-0.2, 0) is 41.8 Å². The van der Waals surface area contributed by atoms with Crippen LogP contribution >= 0.6 is 15.6 Å². The number of carbonyl (C=O) groups is 2. The van der Waals surface area contributed by atoms with Gasteiger partial charge >= 0.3 is 27.6 Å². The standard InChI is InChI=1S/C42H76O14P2/c1-3-5-7-9-11-12-13-14-15-16-17-18-20-24-29-33-42(46)56-40(37-55-58(50,51)54-35-39(44)34-53-57(47,48)49)36-52-41(45)32-28-25-21-23-27-31-38(43)30-26-22-19-10-8-6-4-2/h6,8,12-13,19,22,26,30,38-40,43-44H,3-5,7,9-11,14-18,20-21,23-25,27-29,31-37H2,1-2H3,(H,50,51)(H2,47,48,49)/b8-6+,13-12-,22-19+,30-26+/t38?,39-,40+/m0/s1. The molecule has 0 saturated carbocycles. The third kappa shape index (κ3) is 40.8. The van der Waals surface area contributed by atoms with Gasteiger partial charge in [0.15, 0.2) is 6.10 Å². The van der Waals surface area contributed by atoms with E-state index in [4.69, 9.17) is 23.8 Å². The van der Waals surface area contributed by atoms with E-state index < -0.39 is 72.3 Å². The first-order valence-electron chi connectivity index (χ1n) is 21.4. The highest BCUT2D eigenvalue weighted by Gasteiger charge is 2.28. The molecule has 0 spiro atoms. The van der Waals surface area contributed by atoms with Crippen molar-refractivity contribution >= 4 is 27.6 Å². The molecule has 5 N–H and O–H groups in total. The van der Waals surface area contributed by atoms with Crippen molar-refractivity contribution in [1.29, 1.82) is 0 Å². The van der Waals surface area contributed by atoms with Gasteiger partial charge in [-0.2, -0.15) is 0 Å². The Hall–Kier alpha value is -1.96. The summed E-state index contributed by atoms with van der Waals surface area (Å²) in [6.45, 7) is 1.50. The predicted octanol–water partition coefficient (Wildman–Crippen LogP) is 9.64. The number of hydrogen-bond acceptors (Lipinski definition) is 11. The lowest BCUT2D eigenvalue weighted by Crippen LogP contribution is -2.30. The van der Waals surface area contributed by atoms with Gasteiger partial charge in [-0.05, 0) is 57.8 Å². The second kappa shape index (κ2) is 38.0. The van der Waals surface area contributed by atoms with Gasteiger partial charge in [0.05, 0.1) is 25.9 Å². The van der Waals surface area contributed by atoms with Crippen LogP contribution in [0.4, 0.5) is 0 Å². The summed E-state index contributed by atoms with van der Waals surface area (Å²) in [5, 5.41) is 19.9. The summed E-state index contributed by atoms with van der Waals surface area (Å²) in [5.74, 6) is -1.11. The minimum absolute atomic E-state index is 0.105. The van der Waals surface area contributed by atoms with Crippen molar-refractivity contribution in [3.63, 3.8) is 0 Å². The van der Waals surface area contributed by atoms with Crippen molar-refractivity contribution in [2.45, 2.75) is 180 Å². The number of unbranched alkanes of at least 4 members (excludes halogenated alkanes) is 15. The summed E-state index contributed by atoms with van der Waals surface area (Å²) in [4.78, 5) is 52.7. The fraction of sp³-hybridized carbons (Fsp3) is 0.762. The van der Waals surface area contributed by atoms with Crippen LogP contribution in [0.1, 0.15) is 162 Å². The molecule has 4 atom stereocenters. The molecule has 338 valence electrons. The third-order valence-corrected chi connectivity index (χ3v) is 10.2. The van der Waals surface area contributed by atoms with Gasteiger partial charge in [0.2, 0.25) is 0 Å². The van der Waals surface area contributed by atoms with Crippen LogP contribution in [0, 0.1) is 0 Å². The number of esters is 2. The number of carbonyl (C=O) groups excluding carboxylic acids is 2. The van der Waals surface area contributed by atoms with E-state index in [1.54, 1.807) is 6.08 Å². The maximum Gasteiger partial charge on any atom is 0.472 e. The van der Waals surface area contributed by atoms with Gasteiger partial charge in [-0.1, -0.05) is 140 Å². The Balaban J connectivity index is 4.61. The highest BCUT2D eigenvalue weighted by atomic mass is 31.2. The molecule has 0 radical (unpaired) electrons. The Labute approximate surface area is 348 Å². The van der Waals surface area contributed by atoms with E-state index in [1.807, 2.05) is 18.2 Å². The molecule has 0 rings (SSSR count). The number of rotatable bonds is 40. The van der Waals surface area contributed by atoms with Gasteiger partial charge in [0.1, 0.15) is 12.7 Å². The van der Waals surface area contributed by atoms with Crippen LogP contribution in [0.5, 0.6) is 0 Å². The molecule has 0 aromatic rings. The lowest BCUT2D eigenvalue weighted by atomic mass is 10.1. The summed E-state index contributed by atoms with van der Waals surface area (Å²) in [6, 6.07) is 0. The molecule has 14 nitrogen and oxygen atoms in total. The monoisotopic (exact) mass is 866 g/mol. The second-order valence-corrected chi connectivity index (χ2v) is 17.1. The fourth-order valence-corrected chi connectivity index (χ4v) is 6.68. The SMILES string of the molecule is CC/C=C/C/C=C/C=C/C(O)CCCCCCCC(=O)OC[C@H](COP(=O)(O)OC[C@@H](O)COP(=O)(O)O)OC(=O)CCCCCCCCC/C=C\CCCCCC. The van der Waals surface area contributed by atoms with Gasteiger partial charge in [0.25, 0.3) is 0 Å². The van der Waals surface area contributed by atoms with Gasteiger partial charge in [-0.25, -0.2) is 9.13 Å². The molecule has 2 unspecified atom stereocenters. The van der Waals surface area contributed by atoms with Crippen molar-refractivity contribution in [2.24, 2.45) is 0 Å². The maximum atomic E-state index is 12.7. The molecule has 0 aromatic carbocycles. The van der Waals surface area contributed by atoms with Crippen molar-refractivity contribution in [2.75, 3.05) is 26.4 Å². The first-order valence-corrected chi connectivity index (χ1v) is 24.5. The van der Waals surface area contributed by atoms with E-state index in [1.165, 1.54) is 38.5 Å². The molecule has 0 amide bonds. The quantitative estimate of drug-likeness (QED) is 0.0127. The maximum absolute atomic E-state index is 12.7. The smallest absolute Gasteiger partial charge is 0.462 e.